The van der Waals surface area contributed by atoms with E-state index in [1.165, 1.54) is 13.4 Å². The molecule has 0 bridgehead atoms. The fourth-order valence-corrected chi connectivity index (χ4v) is 4.97. The number of imidazole rings is 1. The van der Waals surface area contributed by atoms with Gasteiger partial charge in [0.1, 0.15) is 17.0 Å². The van der Waals surface area contributed by atoms with Gasteiger partial charge >= 0.3 is 0 Å². The monoisotopic (exact) mass is 487 g/mol. The number of hydrogen-bond acceptors (Lipinski definition) is 5. The summed E-state index contributed by atoms with van der Waals surface area (Å²) in [6, 6.07) is 5.00. The van der Waals surface area contributed by atoms with Crippen LogP contribution in [0.4, 0.5) is 5.69 Å². The molecule has 2 N–H and O–H groups in total. The molecule has 1 fully saturated rings. The Morgan fingerprint density at radius 2 is 2.03 bits per heavy atom. The molecule has 34 heavy (non-hydrogen) atoms. The number of hydrogen-bond donors (Lipinski definition) is 2. The number of carbonyl (C=O) groups is 3. The highest BCUT2D eigenvalue weighted by molar-refractivity contribution is 6.31. The normalized spacial score (nSPS) is 20.2. The van der Waals surface area contributed by atoms with Gasteiger partial charge in [0.05, 0.1) is 25.7 Å². The van der Waals surface area contributed by atoms with Gasteiger partial charge in [-0.15, -0.1) is 0 Å². The highest BCUT2D eigenvalue weighted by atomic mass is 35.5. The van der Waals surface area contributed by atoms with Crippen LogP contribution in [0.2, 0.25) is 5.02 Å². The lowest BCUT2D eigenvalue weighted by molar-refractivity contribution is -0.133. The molecule has 1 aromatic carbocycles. The number of amides is 3. The molecule has 1 atom stereocenters. The third kappa shape index (κ3) is 4.36. The number of nitrogens with zero attached hydrogens (tertiary/aromatic N) is 3. The topological polar surface area (TPSA) is 106 Å². The minimum Gasteiger partial charge on any atom is -0.495 e. The number of ether oxygens (including phenoxy) is 1. The van der Waals surface area contributed by atoms with Crippen molar-refractivity contribution in [1.29, 1.82) is 0 Å². The van der Waals surface area contributed by atoms with Gasteiger partial charge in [0, 0.05) is 17.6 Å². The molecule has 0 unspecified atom stereocenters. The second-order valence-corrected chi connectivity index (χ2v) is 9.49. The molecule has 9 nitrogen and oxygen atoms in total. The van der Waals surface area contributed by atoms with Gasteiger partial charge in [0.25, 0.3) is 11.8 Å². The number of methoxy groups -OCH3 is 1. The third-order valence-electron chi connectivity index (χ3n) is 6.61. The van der Waals surface area contributed by atoms with E-state index in [1.54, 1.807) is 34.6 Å². The molecule has 1 aliphatic carbocycles. The van der Waals surface area contributed by atoms with Gasteiger partial charge in [-0.1, -0.05) is 31.4 Å². The summed E-state index contributed by atoms with van der Waals surface area (Å²) in [4.78, 5) is 45.9. The summed E-state index contributed by atoms with van der Waals surface area (Å²) in [6.07, 6.45) is 6.23. The Labute approximate surface area is 203 Å². The molecular weight excluding hydrogens is 458 g/mol. The molecule has 1 saturated carbocycles. The van der Waals surface area contributed by atoms with Crippen LogP contribution in [0.5, 0.6) is 5.75 Å². The zero-order valence-corrected chi connectivity index (χ0v) is 20.4. The summed E-state index contributed by atoms with van der Waals surface area (Å²) >= 11 is 6.07. The maximum absolute atomic E-state index is 13.6. The zero-order chi connectivity index (χ0) is 24.5. The lowest BCUT2D eigenvalue weighted by Crippen LogP contribution is -2.65. The average Bonchev–Trinajstić information content (AvgIpc) is 3.46. The molecule has 4 rings (SSSR count). The maximum atomic E-state index is 13.6. The average molecular weight is 488 g/mol. The molecule has 2 heterocycles. The Balaban J connectivity index is 1.64. The quantitative estimate of drug-likeness (QED) is 0.622. The number of rotatable bonds is 7. The fraction of sp³-hybridized carbons (Fsp3) is 0.500. The molecular formula is C24H30ClN5O4. The summed E-state index contributed by atoms with van der Waals surface area (Å²) in [5.74, 6) is -0.688. The van der Waals surface area contributed by atoms with E-state index in [0.29, 0.717) is 29.4 Å². The van der Waals surface area contributed by atoms with Crippen LogP contribution in [0.15, 0.2) is 24.5 Å². The van der Waals surface area contributed by atoms with Gasteiger partial charge in [0.2, 0.25) is 5.91 Å². The van der Waals surface area contributed by atoms with Crippen molar-refractivity contribution in [2.75, 3.05) is 19.0 Å². The van der Waals surface area contributed by atoms with Gasteiger partial charge in [-0.2, -0.15) is 0 Å². The van der Waals surface area contributed by atoms with Crippen LogP contribution in [0.1, 0.15) is 66.9 Å². The lowest BCUT2D eigenvalue weighted by atomic mass is 9.93. The van der Waals surface area contributed by atoms with Crippen LogP contribution in [0.25, 0.3) is 0 Å². The van der Waals surface area contributed by atoms with E-state index < -0.39 is 17.4 Å². The van der Waals surface area contributed by atoms with Gasteiger partial charge in [-0.25, -0.2) is 4.98 Å². The Morgan fingerprint density at radius 3 is 2.71 bits per heavy atom. The van der Waals surface area contributed by atoms with Crippen molar-refractivity contribution in [3.8, 4) is 5.75 Å². The fourth-order valence-electron chi connectivity index (χ4n) is 4.80. The van der Waals surface area contributed by atoms with Crippen molar-refractivity contribution in [3.05, 3.63) is 40.9 Å². The van der Waals surface area contributed by atoms with Crippen LogP contribution >= 0.6 is 11.6 Å². The van der Waals surface area contributed by atoms with E-state index in [-0.39, 0.29) is 29.9 Å². The summed E-state index contributed by atoms with van der Waals surface area (Å²) in [7, 11) is 1.49. The van der Waals surface area contributed by atoms with Gasteiger partial charge in [0.15, 0.2) is 5.69 Å². The predicted octanol–water partition coefficient (Wildman–Crippen LogP) is 3.48. The summed E-state index contributed by atoms with van der Waals surface area (Å²) in [6.45, 7) is 4.34. The molecule has 10 heteroatoms. The maximum Gasteiger partial charge on any atom is 0.276 e. The molecule has 2 aliphatic rings. The molecule has 1 aliphatic heterocycles. The van der Waals surface area contributed by atoms with Crippen molar-refractivity contribution < 1.29 is 19.1 Å². The number of fused-ring (bicyclic) bond motifs is 1. The SMILES string of the molecule is CCCN1C(=O)c2c(C(=O)Nc3cc(Cl)ccc3OC)ncn2C[C@]1(C)C(=O)NC1CCCC1. The first-order valence-electron chi connectivity index (χ1n) is 11.6. The summed E-state index contributed by atoms with van der Waals surface area (Å²) in [5.41, 5.74) is -0.548. The number of benzene rings is 1. The Bertz CT molecular complexity index is 1110. The first-order valence-corrected chi connectivity index (χ1v) is 12.0. The second-order valence-electron chi connectivity index (χ2n) is 9.05. The van der Waals surface area contributed by atoms with E-state index in [9.17, 15) is 14.4 Å². The van der Waals surface area contributed by atoms with Gasteiger partial charge in [-0.05, 0) is 44.4 Å². The molecule has 1 aromatic heterocycles. The van der Waals surface area contributed by atoms with Crippen LogP contribution in [-0.2, 0) is 11.3 Å². The molecule has 0 radical (unpaired) electrons. The van der Waals surface area contributed by atoms with E-state index in [2.05, 4.69) is 15.6 Å². The standard InChI is InChI=1S/C24H30ClN5O4/c1-4-11-30-22(32)20-19(21(31)28-17-12-15(25)9-10-18(17)34-3)26-14-29(20)13-24(30,2)23(33)27-16-7-5-6-8-16/h9-10,12,14,16H,4-8,11,13H2,1-3H3,(H,27,33)(H,28,31)/t24-/m1/s1. The molecule has 3 amide bonds. The number of halogens is 1. The number of aromatic nitrogens is 2. The van der Waals surface area contributed by atoms with E-state index in [1.807, 2.05) is 6.92 Å². The smallest absolute Gasteiger partial charge is 0.276 e. The second kappa shape index (κ2) is 9.66. The number of carbonyl (C=O) groups excluding carboxylic acids is 3. The van der Waals surface area contributed by atoms with E-state index in [4.69, 9.17) is 16.3 Å². The van der Waals surface area contributed by atoms with Gasteiger partial charge in [-0.3, -0.25) is 14.4 Å². The first kappa shape index (κ1) is 24.1. The molecule has 0 spiro atoms. The van der Waals surface area contributed by atoms with Crippen molar-refractivity contribution in [2.45, 2.75) is 64.1 Å². The highest BCUT2D eigenvalue weighted by Crippen LogP contribution is 2.32. The van der Waals surface area contributed by atoms with Crippen molar-refractivity contribution in [3.63, 3.8) is 0 Å². The highest BCUT2D eigenvalue weighted by Gasteiger charge is 2.49. The van der Waals surface area contributed by atoms with Crippen molar-refractivity contribution >= 4 is 35.0 Å². The van der Waals surface area contributed by atoms with Crippen LogP contribution < -0.4 is 15.4 Å². The Kier molecular flexibility index (Phi) is 6.84. The molecule has 0 saturated heterocycles. The van der Waals surface area contributed by atoms with E-state index in [0.717, 1.165) is 25.7 Å². The summed E-state index contributed by atoms with van der Waals surface area (Å²) in [5, 5.41) is 6.30. The minimum absolute atomic E-state index is 0.00798. The number of nitrogens with one attached hydrogen (secondary N) is 2. The molecule has 2 aromatic rings. The van der Waals surface area contributed by atoms with Crippen molar-refractivity contribution in [1.82, 2.24) is 19.8 Å². The first-order chi connectivity index (χ1) is 16.3. The Hall–Kier alpha value is -3.07. The molecule has 182 valence electrons. The minimum atomic E-state index is -1.08. The lowest BCUT2D eigenvalue weighted by Gasteiger charge is -2.44. The van der Waals surface area contributed by atoms with Crippen LogP contribution in [0.3, 0.4) is 0 Å². The predicted molar refractivity (Wildman–Crippen MR) is 128 cm³/mol. The van der Waals surface area contributed by atoms with E-state index >= 15 is 0 Å². The zero-order valence-electron chi connectivity index (χ0n) is 19.7. The summed E-state index contributed by atoms with van der Waals surface area (Å²) < 4.78 is 6.89. The van der Waals surface area contributed by atoms with Crippen LogP contribution in [-0.4, -0.2) is 57.4 Å². The third-order valence-corrected chi connectivity index (χ3v) is 6.85. The van der Waals surface area contributed by atoms with Gasteiger partial charge < -0.3 is 24.8 Å². The van der Waals surface area contributed by atoms with Crippen molar-refractivity contribution in [2.24, 2.45) is 0 Å². The largest absolute Gasteiger partial charge is 0.495 e. The number of anilines is 1. The Morgan fingerprint density at radius 1 is 1.29 bits per heavy atom. The van der Waals surface area contributed by atoms with Crippen LogP contribution in [0, 0.1) is 0 Å².